The van der Waals surface area contributed by atoms with Crippen LogP contribution >= 0.6 is 11.3 Å². The van der Waals surface area contributed by atoms with Crippen LogP contribution in [0.15, 0.2) is 27.4 Å². The van der Waals surface area contributed by atoms with Gasteiger partial charge >= 0.3 is 4.94 Å². The average Bonchev–Trinajstić information content (AvgIpc) is 2.41. The van der Waals surface area contributed by atoms with Gasteiger partial charge in [-0.25, -0.2) is 4.79 Å². The van der Waals surface area contributed by atoms with Crippen LogP contribution in [0.1, 0.15) is 19.4 Å². The van der Waals surface area contributed by atoms with E-state index in [9.17, 15) is 9.90 Å². The Labute approximate surface area is 84.6 Å². The average molecular weight is 210 g/mol. The maximum Gasteiger partial charge on any atom is 0.396 e. The molecule has 0 amide bonds. The monoisotopic (exact) mass is 210 g/mol. The van der Waals surface area contributed by atoms with Gasteiger partial charge in [0.05, 0.1) is 10.3 Å². The summed E-state index contributed by atoms with van der Waals surface area (Å²) in [5.41, 5.74) is 0.317. The van der Waals surface area contributed by atoms with Crippen LogP contribution in [0.25, 0.3) is 10.3 Å². The molecule has 0 radical (unpaired) electrons. The van der Waals surface area contributed by atoms with Crippen molar-refractivity contribution in [3.63, 3.8) is 0 Å². The highest BCUT2D eigenvalue weighted by Crippen LogP contribution is 2.29. The Bertz CT molecular complexity index is 516. The molecule has 0 saturated heterocycles. The SMILES string of the molecule is CC(C)(O)c1cccc2oc(=O)sc12. The number of hydrogen-bond acceptors (Lipinski definition) is 4. The summed E-state index contributed by atoms with van der Waals surface area (Å²) in [7, 11) is 0. The first-order valence-corrected chi connectivity index (χ1v) is 5.05. The Morgan fingerprint density at radius 2 is 2.14 bits per heavy atom. The van der Waals surface area contributed by atoms with E-state index in [-0.39, 0.29) is 4.94 Å². The van der Waals surface area contributed by atoms with Crippen molar-refractivity contribution in [2.75, 3.05) is 0 Å². The molecule has 0 aliphatic carbocycles. The second-order valence-corrected chi connectivity index (χ2v) is 4.59. The number of rotatable bonds is 1. The van der Waals surface area contributed by atoms with Crippen molar-refractivity contribution in [1.82, 2.24) is 0 Å². The summed E-state index contributed by atoms with van der Waals surface area (Å²) in [5, 5.41) is 9.86. The summed E-state index contributed by atoms with van der Waals surface area (Å²) in [6.07, 6.45) is 0. The van der Waals surface area contributed by atoms with E-state index in [1.807, 2.05) is 0 Å². The number of aliphatic hydroxyl groups is 1. The predicted molar refractivity (Wildman–Crippen MR) is 55.6 cm³/mol. The summed E-state index contributed by atoms with van der Waals surface area (Å²) < 4.78 is 5.68. The predicted octanol–water partition coefficient (Wildman–Crippen LogP) is 2.08. The van der Waals surface area contributed by atoms with Crippen LogP contribution < -0.4 is 4.94 Å². The van der Waals surface area contributed by atoms with E-state index in [2.05, 4.69) is 0 Å². The van der Waals surface area contributed by atoms with Crippen molar-refractivity contribution < 1.29 is 9.52 Å². The maximum atomic E-state index is 11.0. The topological polar surface area (TPSA) is 50.4 Å². The van der Waals surface area contributed by atoms with Crippen molar-refractivity contribution in [3.05, 3.63) is 33.5 Å². The van der Waals surface area contributed by atoms with E-state index in [1.54, 1.807) is 32.0 Å². The van der Waals surface area contributed by atoms with Crippen molar-refractivity contribution in [2.45, 2.75) is 19.4 Å². The minimum Gasteiger partial charge on any atom is -0.414 e. The number of hydrogen-bond donors (Lipinski definition) is 1. The fourth-order valence-corrected chi connectivity index (χ4v) is 2.31. The zero-order valence-corrected chi connectivity index (χ0v) is 8.72. The zero-order chi connectivity index (χ0) is 10.3. The second kappa shape index (κ2) is 2.93. The van der Waals surface area contributed by atoms with Crippen LogP contribution in [0.3, 0.4) is 0 Å². The van der Waals surface area contributed by atoms with Crippen molar-refractivity contribution in [2.24, 2.45) is 0 Å². The number of fused-ring (bicyclic) bond motifs is 1. The summed E-state index contributed by atoms with van der Waals surface area (Å²) in [6, 6.07) is 5.29. The molecule has 1 aromatic heterocycles. The molecule has 4 heteroatoms. The molecular formula is C10H10O3S. The molecule has 1 heterocycles. The normalized spacial score (nSPS) is 12.2. The minimum atomic E-state index is -0.952. The third-order valence-corrected chi connectivity index (χ3v) is 2.89. The lowest BCUT2D eigenvalue weighted by atomic mass is 9.98. The molecule has 2 aromatic rings. The van der Waals surface area contributed by atoms with Crippen LogP contribution in [0.4, 0.5) is 0 Å². The van der Waals surface area contributed by atoms with Gasteiger partial charge in [0.1, 0.15) is 5.58 Å². The van der Waals surface area contributed by atoms with E-state index < -0.39 is 5.60 Å². The molecule has 2 rings (SSSR count). The lowest BCUT2D eigenvalue weighted by molar-refractivity contribution is 0.0803. The summed E-state index contributed by atoms with van der Waals surface area (Å²) in [6.45, 7) is 3.37. The Kier molecular flexibility index (Phi) is 1.97. The molecule has 0 aliphatic heterocycles. The van der Waals surface area contributed by atoms with E-state index in [0.717, 1.165) is 21.6 Å². The van der Waals surface area contributed by atoms with Gasteiger partial charge in [0, 0.05) is 5.56 Å². The first kappa shape index (κ1) is 9.43. The van der Waals surface area contributed by atoms with Crippen LogP contribution in [-0.4, -0.2) is 5.11 Å². The van der Waals surface area contributed by atoms with E-state index >= 15 is 0 Å². The van der Waals surface area contributed by atoms with Crippen molar-refractivity contribution in [3.8, 4) is 0 Å². The fraction of sp³-hybridized carbons (Fsp3) is 0.300. The van der Waals surface area contributed by atoms with E-state index in [0.29, 0.717) is 5.58 Å². The third-order valence-electron chi connectivity index (χ3n) is 2.02. The molecule has 0 spiro atoms. The van der Waals surface area contributed by atoms with E-state index in [1.165, 1.54) is 0 Å². The fourth-order valence-electron chi connectivity index (χ4n) is 1.38. The van der Waals surface area contributed by atoms with Crippen LogP contribution in [-0.2, 0) is 5.60 Å². The molecule has 0 atom stereocenters. The molecule has 1 N–H and O–H groups in total. The van der Waals surface area contributed by atoms with Crippen LogP contribution in [0.5, 0.6) is 0 Å². The quantitative estimate of drug-likeness (QED) is 0.784. The van der Waals surface area contributed by atoms with Gasteiger partial charge in [-0.15, -0.1) is 0 Å². The van der Waals surface area contributed by atoms with Gasteiger partial charge in [0.15, 0.2) is 0 Å². The van der Waals surface area contributed by atoms with Gasteiger partial charge in [-0.1, -0.05) is 23.5 Å². The molecule has 3 nitrogen and oxygen atoms in total. The Morgan fingerprint density at radius 3 is 2.79 bits per heavy atom. The highest BCUT2D eigenvalue weighted by Gasteiger charge is 2.20. The largest absolute Gasteiger partial charge is 0.414 e. The Hall–Kier alpha value is -1.13. The van der Waals surface area contributed by atoms with Crippen LogP contribution in [0.2, 0.25) is 0 Å². The van der Waals surface area contributed by atoms with E-state index in [4.69, 9.17) is 4.42 Å². The highest BCUT2D eigenvalue weighted by atomic mass is 32.1. The molecule has 0 fully saturated rings. The first-order chi connectivity index (χ1) is 6.48. The summed E-state index contributed by atoms with van der Waals surface area (Å²) in [5.74, 6) is 0. The molecular weight excluding hydrogens is 200 g/mol. The second-order valence-electron chi connectivity index (χ2n) is 3.65. The first-order valence-electron chi connectivity index (χ1n) is 4.24. The lowest BCUT2D eigenvalue weighted by Gasteiger charge is -2.17. The highest BCUT2D eigenvalue weighted by molar-refractivity contribution is 7.16. The molecule has 0 bridgehead atoms. The Balaban J connectivity index is 2.83. The van der Waals surface area contributed by atoms with Crippen molar-refractivity contribution in [1.29, 1.82) is 0 Å². The van der Waals surface area contributed by atoms with Gasteiger partial charge < -0.3 is 9.52 Å². The Morgan fingerprint density at radius 1 is 1.43 bits per heavy atom. The molecule has 14 heavy (non-hydrogen) atoms. The van der Waals surface area contributed by atoms with Gasteiger partial charge in [0.25, 0.3) is 0 Å². The van der Waals surface area contributed by atoms with Gasteiger partial charge in [-0.05, 0) is 19.9 Å². The smallest absolute Gasteiger partial charge is 0.396 e. The number of benzene rings is 1. The molecule has 74 valence electrons. The standard InChI is InChI=1S/C10H10O3S/c1-10(2,12)6-4-3-5-7-8(6)14-9(11)13-7/h3-5,12H,1-2H3. The van der Waals surface area contributed by atoms with Gasteiger partial charge in [-0.2, -0.15) is 0 Å². The molecule has 1 aromatic carbocycles. The van der Waals surface area contributed by atoms with Gasteiger partial charge in [-0.3, -0.25) is 0 Å². The van der Waals surface area contributed by atoms with Crippen LogP contribution in [0, 0.1) is 0 Å². The summed E-state index contributed by atoms with van der Waals surface area (Å²) >= 11 is 1.02. The lowest BCUT2D eigenvalue weighted by Crippen LogP contribution is -2.15. The molecule has 0 aliphatic rings. The molecule has 0 unspecified atom stereocenters. The minimum absolute atomic E-state index is 0.336. The maximum absolute atomic E-state index is 11.0. The summed E-state index contributed by atoms with van der Waals surface area (Å²) in [4.78, 5) is 10.7. The molecule has 0 saturated carbocycles. The van der Waals surface area contributed by atoms with Crippen molar-refractivity contribution >= 4 is 21.6 Å². The zero-order valence-electron chi connectivity index (χ0n) is 7.90. The third kappa shape index (κ3) is 1.47. The van der Waals surface area contributed by atoms with Gasteiger partial charge in [0.2, 0.25) is 0 Å².